The van der Waals surface area contributed by atoms with E-state index in [2.05, 4.69) is 0 Å². The van der Waals surface area contributed by atoms with Crippen LogP contribution in [0.2, 0.25) is 0 Å². The van der Waals surface area contributed by atoms with Crippen molar-refractivity contribution < 1.29 is 9.66 Å². The Bertz CT molecular complexity index is 549. The van der Waals surface area contributed by atoms with Gasteiger partial charge >= 0.3 is 0 Å². The number of hydrogen-bond acceptors (Lipinski definition) is 3. The van der Waals surface area contributed by atoms with Crippen molar-refractivity contribution in [2.75, 3.05) is 0 Å². The Morgan fingerprint density at radius 2 is 1.78 bits per heavy atom. The van der Waals surface area contributed by atoms with Crippen LogP contribution < -0.4 is 4.74 Å². The molecule has 0 radical (unpaired) electrons. The number of ether oxygens (including phenoxy) is 1. The summed E-state index contributed by atoms with van der Waals surface area (Å²) in [6, 6.07) is 14.1. The minimum absolute atomic E-state index is 0.0923. The van der Waals surface area contributed by atoms with Crippen molar-refractivity contribution in [3.05, 3.63) is 69.8 Å². The smallest absolute Gasteiger partial charge is 0.269 e. The number of nitro groups is 1. The third kappa shape index (κ3) is 2.85. The minimum Gasteiger partial charge on any atom is -0.489 e. The SMILES string of the molecule is Cc1ccccc1OCc1ccc([N+](=O)[O-])cc1. The van der Waals surface area contributed by atoms with Crippen LogP contribution in [0, 0.1) is 17.0 Å². The van der Waals surface area contributed by atoms with Crippen molar-refractivity contribution in [2.45, 2.75) is 13.5 Å². The standard InChI is InChI=1S/C14H13NO3/c1-11-4-2-3-5-14(11)18-10-12-6-8-13(9-7-12)15(16)17/h2-9H,10H2,1H3. The number of aryl methyl sites for hydroxylation is 1. The van der Waals surface area contributed by atoms with Gasteiger partial charge in [0.25, 0.3) is 5.69 Å². The van der Waals surface area contributed by atoms with Gasteiger partial charge in [-0.2, -0.15) is 0 Å². The zero-order chi connectivity index (χ0) is 13.0. The Kier molecular flexibility index (Phi) is 3.57. The first-order valence-electron chi connectivity index (χ1n) is 5.58. The second-order valence-electron chi connectivity index (χ2n) is 3.98. The van der Waals surface area contributed by atoms with E-state index in [1.54, 1.807) is 12.1 Å². The highest BCUT2D eigenvalue weighted by molar-refractivity contribution is 5.34. The molecule has 0 heterocycles. The van der Waals surface area contributed by atoms with Crippen molar-refractivity contribution in [3.8, 4) is 5.75 Å². The summed E-state index contributed by atoms with van der Waals surface area (Å²) in [5, 5.41) is 10.5. The Labute approximate surface area is 105 Å². The molecule has 0 aliphatic heterocycles. The fourth-order valence-electron chi connectivity index (χ4n) is 1.59. The molecule has 0 atom stereocenters. The van der Waals surface area contributed by atoms with Crippen molar-refractivity contribution in [2.24, 2.45) is 0 Å². The van der Waals surface area contributed by atoms with E-state index in [9.17, 15) is 10.1 Å². The van der Waals surface area contributed by atoms with Crippen LogP contribution in [0.25, 0.3) is 0 Å². The number of non-ortho nitro benzene ring substituents is 1. The van der Waals surface area contributed by atoms with Crippen LogP contribution in [0.5, 0.6) is 5.75 Å². The summed E-state index contributed by atoms with van der Waals surface area (Å²) in [7, 11) is 0. The zero-order valence-corrected chi connectivity index (χ0v) is 10.00. The topological polar surface area (TPSA) is 52.4 Å². The van der Waals surface area contributed by atoms with E-state index in [1.807, 2.05) is 31.2 Å². The Morgan fingerprint density at radius 3 is 2.39 bits per heavy atom. The van der Waals surface area contributed by atoms with Crippen molar-refractivity contribution in [3.63, 3.8) is 0 Å². The predicted molar refractivity (Wildman–Crippen MR) is 68.6 cm³/mol. The Balaban J connectivity index is 2.02. The maximum atomic E-state index is 10.5. The lowest BCUT2D eigenvalue weighted by Crippen LogP contribution is -1.97. The van der Waals surface area contributed by atoms with Gasteiger partial charge in [0.05, 0.1) is 4.92 Å². The first kappa shape index (κ1) is 12.1. The fourth-order valence-corrected chi connectivity index (χ4v) is 1.59. The average Bonchev–Trinajstić information content (AvgIpc) is 2.38. The summed E-state index contributed by atoms with van der Waals surface area (Å²) in [5.74, 6) is 0.829. The van der Waals surface area contributed by atoms with E-state index in [-0.39, 0.29) is 5.69 Å². The highest BCUT2D eigenvalue weighted by atomic mass is 16.6. The highest BCUT2D eigenvalue weighted by Gasteiger charge is 2.04. The first-order valence-corrected chi connectivity index (χ1v) is 5.58. The molecule has 2 aromatic rings. The zero-order valence-electron chi connectivity index (χ0n) is 10.00. The maximum Gasteiger partial charge on any atom is 0.269 e. The first-order chi connectivity index (χ1) is 8.66. The number of hydrogen-bond donors (Lipinski definition) is 0. The molecule has 92 valence electrons. The summed E-state index contributed by atoms with van der Waals surface area (Å²) >= 11 is 0. The molecule has 0 spiro atoms. The average molecular weight is 243 g/mol. The van der Waals surface area contributed by atoms with Crippen LogP contribution in [0.15, 0.2) is 48.5 Å². The van der Waals surface area contributed by atoms with Crippen LogP contribution in [0.1, 0.15) is 11.1 Å². The van der Waals surface area contributed by atoms with Gasteiger partial charge in [0.2, 0.25) is 0 Å². The molecule has 4 nitrogen and oxygen atoms in total. The van der Waals surface area contributed by atoms with Crippen molar-refractivity contribution in [1.29, 1.82) is 0 Å². The number of nitrogens with zero attached hydrogens (tertiary/aromatic N) is 1. The molecular formula is C14H13NO3. The molecular weight excluding hydrogens is 230 g/mol. The van der Waals surface area contributed by atoms with Crippen molar-refractivity contribution in [1.82, 2.24) is 0 Å². The van der Waals surface area contributed by atoms with Gasteiger partial charge in [-0.05, 0) is 36.2 Å². The normalized spacial score (nSPS) is 10.1. The summed E-state index contributed by atoms with van der Waals surface area (Å²) in [5.41, 5.74) is 2.07. The summed E-state index contributed by atoms with van der Waals surface area (Å²) in [6.45, 7) is 2.38. The summed E-state index contributed by atoms with van der Waals surface area (Å²) in [6.07, 6.45) is 0. The molecule has 0 saturated carbocycles. The van der Waals surface area contributed by atoms with Gasteiger partial charge in [-0.3, -0.25) is 10.1 Å². The quantitative estimate of drug-likeness (QED) is 0.610. The van der Waals surface area contributed by atoms with Gasteiger partial charge in [0.1, 0.15) is 12.4 Å². The van der Waals surface area contributed by atoms with Crippen LogP contribution >= 0.6 is 0 Å². The van der Waals surface area contributed by atoms with Gasteiger partial charge in [-0.1, -0.05) is 18.2 Å². The van der Waals surface area contributed by atoms with E-state index in [1.165, 1.54) is 12.1 Å². The second-order valence-corrected chi connectivity index (χ2v) is 3.98. The molecule has 0 amide bonds. The molecule has 0 aliphatic carbocycles. The van der Waals surface area contributed by atoms with Crippen LogP contribution in [0.4, 0.5) is 5.69 Å². The second kappa shape index (κ2) is 5.31. The van der Waals surface area contributed by atoms with Crippen molar-refractivity contribution >= 4 is 5.69 Å². The Hall–Kier alpha value is -2.36. The van der Waals surface area contributed by atoms with Crippen LogP contribution in [0.3, 0.4) is 0 Å². The van der Waals surface area contributed by atoms with Crippen LogP contribution in [-0.4, -0.2) is 4.92 Å². The third-order valence-corrected chi connectivity index (χ3v) is 2.64. The molecule has 2 aromatic carbocycles. The molecule has 0 N–H and O–H groups in total. The maximum absolute atomic E-state index is 10.5. The number of benzene rings is 2. The Morgan fingerprint density at radius 1 is 1.11 bits per heavy atom. The molecule has 0 aliphatic rings. The van der Waals surface area contributed by atoms with E-state index >= 15 is 0 Å². The van der Waals surface area contributed by atoms with E-state index in [0.717, 1.165) is 16.9 Å². The number of rotatable bonds is 4. The molecule has 0 aromatic heterocycles. The lowest BCUT2D eigenvalue weighted by Gasteiger charge is -2.08. The predicted octanol–water partition coefficient (Wildman–Crippen LogP) is 3.48. The fraction of sp³-hybridized carbons (Fsp3) is 0.143. The molecule has 0 unspecified atom stereocenters. The number of para-hydroxylation sites is 1. The van der Waals surface area contributed by atoms with Gasteiger partial charge in [0.15, 0.2) is 0 Å². The molecule has 0 fully saturated rings. The van der Waals surface area contributed by atoms with E-state index in [0.29, 0.717) is 6.61 Å². The molecule has 0 bridgehead atoms. The monoisotopic (exact) mass is 243 g/mol. The molecule has 4 heteroatoms. The number of nitro benzene ring substituents is 1. The third-order valence-electron chi connectivity index (χ3n) is 2.64. The molecule has 2 rings (SSSR count). The molecule has 0 saturated heterocycles. The van der Waals surface area contributed by atoms with E-state index in [4.69, 9.17) is 4.74 Å². The lowest BCUT2D eigenvalue weighted by molar-refractivity contribution is -0.384. The van der Waals surface area contributed by atoms with Crippen LogP contribution in [-0.2, 0) is 6.61 Å². The molecule has 18 heavy (non-hydrogen) atoms. The lowest BCUT2D eigenvalue weighted by atomic mass is 10.2. The van der Waals surface area contributed by atoms with Gasteiger partial charge in [-0.25, -0.2) is 0 Å². The summed E-state index contributed by atoms with van der Waals surface area (Å²) < 4.78 is 5.65. The largest absolute Gasteiger partial charge is 0.489 e. The van der Waals surface area contributed by atoms with Gasteiger partial charge in [0, 0.05) is 12.1 Å². The summed E-state index contributed by atoms with van der Waals surface area (Å²) in [4.78, 5) is 10.1. The van der Waals surface area contributed by atoms with Gasteiger partial charge in [-0.15, -0.1) is 0 Å². The highest BCUT2D eigenvalue weighted by Crippen LogP contribution is 2.18. The van der Waals surface area contributed by atoms with Gasteiger partial charge < -0.3 is 4.74 Å². The van der Waals surface area contributed by atoms with E-state index < -0.39 is 4.92 Å². The minimum atomic E-state index is -0.411.